The number of aryl methyl sites for hydroxylation is 1. The van der Waals surface area contributed by atoms with Gasteiger partial charge in [0.05, 0.1) is 11.8 Å². The summed E-state index contributed by atoms with van der Waals surface area (Å²) in [5.74, 6) is -1.23. The largest absolute Gasteiger partial charge is 0.489 e. The van der Waals surface area contributed by atoms with Crippen LogP contribution >= 0.6 is 0 Å². The summed E-state index contributed by atoms with van der Waals surface area (Å²) < 4.78 is 5.98. The Morgan fingerprint density at radius 1 is 0.791 bits per heavy atom. The lowest BCUT2D eigenvalue weighted by atomic mass is 10.0. The molecule has 43 heavy (non-hydrogen) atoms. The van der Waals surface area contributed by atoms with Crippen LogP contribution < -0.4 is 9.64 Å². The van der Waals surface area contributed by atoms with Gasteiger partial charge in [0.1, 0.15) is 5.75 Å². The lowest BCUT2D eigenvalue weighted by Gasteiger charge is -2.37. The quantitative estimate of drug-likeness (QED) is 0.386. The molecule has 0 atom stereocenters. The van der Waals surface area contributed by atoms with Crippen LogP contribution in [0.1, 0.15) is 61.9 Å². The second-order valence-corrected chi connectivity index (χ2v) is 10.9. The van der Waals surface area contributed by atoms with Crippen LogP contribution in [0.3, 0.4) is 0 Å². The maximum atomic E-state index is 12.8. The van der Waals surface area contributed by atoms with E-state index in [2.05, 4.69) is 11.0 Å². The summed E-state index contributed by atoms with van der Waals surface area (Å²) in [4.78, 5) is 50.8. The number of likely N-dealkylation sites (tertiary alicyclic amines) is 1. The Bertz CT molecular complexity index is 1230. The molecule has 0 radical (unpaired) electrons. The molecule has 0 aliphatic carbocycles. The molecule has 10 nitrogen and oxygen atoms in total. The minimum absolute atomic E-state index is 0.130. The number of aliphatic carboxylic acids is 2. The number of rotatable bonds is 10. The first kappa shape index (κ1) is 33.2. The number of para-hydroxylation sites is 2. The highest BCUT2D eigenvalue weighted by molar-refractivity contribution is 5.94. The number of nitrogens with zero attached hydrogens (tertiary/aromatic N) is 3. The Balaban J connectivity index is 0.000000557. The molecule has 0 spiro atoms. The lowest BCUT2D eigenvalue weighted by molar-refractivity contribution is -0.134. The van der Waals surface area contributed by atoms with Gasteiger partial charge in [0.25, 0.3) is 5.91 Å². The molecule has 0 unspecified atom stereocenters. The lowest BCUT2D eigenvalue weighted by Crippen LogP contribution is -2.48. The summed E-state index contributed by atoms with van der Waals surface area (Å²) >= 11 is 0. The third-order valence-corrected chi connectivity index (χ3v) is 7.27. The van der Waals surface area contributed by atoms with Gasteiger partial charge >= 0.3 is 11.9 Å². The average Bonchev–Trinajstić information content (AvgIpc) is 3.01. The third-order valence-electron chi connectivity index (χ3n) is 7.27. The van der Waals surface area contributed by atoms with Crippen molar-refractivity contribution in [3.05, 3.63) is 71.8 Å². The molecule has 0 aromatic heterocycles. The van der Waals surface area contributed by atoms with Crippen molar-refractivity contribution < 1.29 is 34.1 Å². The Morgan fingerprint density at radius 2 is 1.40 bits per heavy atom. The van der Waals surface area contributed by atoms with Crippen molar-refractivity contribution in [2.45, 2.75) is 58.5 Å². The summed E-state index contributed by atoms with van der Waals surface area (Å²) in [5, 5.41) is 15.6. The predicted octanol–water partition coefficient (Wildman–Crippen LogP) is 4.48. The Hall–Kier alpha value is -4.34. The van der Waals surface area contributed by atoms with E-state index in [1.54, 1.807) is 0 Å². The van der Waals surface area contributed by atoms with Crippen molar-refractivity contribution in [1.29, 1.82) is 0 Å². The SMILES string of the molecule is CC(C)Oc1ccccc1N1CCN(C(=O)CCCc2ccc(C(=O)N3CCCCC3)cc2)CC1.O=C(O)/C=C/C(=O)O. The van der Waals surface area contributed by atoms with Crippen molar-refractivity contribution in [3.8, 4) is 5.75 Å². The molecule has 2 aromatic carbocycles. The van der Waals surface area contributed by atoms with Crippen molar-refractivity contribution in [2.75, 3.05) is 44.2 Å². The summed E-state index contributed by atoms with van der Waals surface area (Å²) in [6, 6.07) is 16.1. The van der Waals surface area contributed by atoms with Crippen LogP contribution in [-0.2, 0) is 20.8 Å². The molecule has 2 aliphatic rings. The monoisotopic (exact) mass is 593 g/mol. The van der Waals surface area contributed by atoms with E-state index in [1.165, 1.54) is 12.0 Å². The number of amides is 2. The molecule has 2 heterocycles. The first-order valence-corrected chi connectivity index (χ1v) is 14.9. The molecule has 2 N–H and O–H groups in total. The minimum atomic E-state index is -1.26. The van der Waals surface area contributed by atoms with Crippen LogP contribution in [-0.4, -0.2) is 89.1 Å². The molecule has 232 valence electrons. The number of carbonyl (C=O) groups excluding carboxylic acids is 2. The van der Waals surface area contributed by atoms with Gasteiger partial charge in [-0.05, 0) is 75.8 Å². The van der Waals surface area contributed by atoms with Crippen molar-refractivity contribution in [2.24, 2.45) is 0 Å². The number of benzene rings is 2. The smallest absolute Gasteiger partial charge is 0.328 e. The molecule has 4 rings (SSSR count). The molecule has 0 saturated carbocycles. The van der Waals surface area contributed by atoms with Gasteiger partial charge in [-0.3, -0.25) is 9.59 Å². The Kier molecular flexibility index (Phi) is 13.1. The summed E-state index contributed by atoms with van der Waals surface area (Å²) in [6.07, 6.45) is 6.91. The van der Waals surface area contributed by atoms with E-state index in [0.29, 0.717) is 18.6 Å². The molecule has 0 bridgehead atoms. The Morgan fingerprint density at radius 3 is 1.98 bits per heavy atom. The van der Waals surface area contributed by atoms with Crippen LogP contribution in [0.25, 0.3) is 0 Å². The number of carbonyl (C=O) groups is 4. The van der Waals surface area contributed by atoms with Gasteiger partial charge < -0.3 is 29.6 Å². The molecule has 2 aromatic rings. The van der Waals surface area contributed by atoms with E-state index in [4.69, 9.17) is 14.9 Å². The van der Waals surface area contributed by atoms with E-state index in [0.717, 1.165) is 82.0 Å². The fourth-order valence-corrected chi connectivity index (χ4v) is 5.11. The van der Waals surface area contributed by atoms with Crippen LogP contribution in [0.5, 0.6) is 5.75 Å². The number of piperidine rings is 1. The molecule has 2 saturated heterocycles. The van der Waals surface area contributed by atoms with Crippen molar-refractivity contribution >= 4 is 29.4 Å². The summed E-state index contributed by atoms with van der Waals surface area (Å²) in [6.45, 7) is 8.93. The van der Waals surface area contributed by atoms with Crippen molar-refractivity contribution in [3.63, 3.8) is 0 Å². The Labute approximate surface area is 253 Å². The van der Waals surface area contributed by atoms with Gasteiger partial charge in [0.15, 0.2) is 0 Å². The van der Waals surface area contributed by atoms with Gasteiger partial charge in [-0.2, -0.15) is 0 Å². The number of piperazine rings is 1. The number of carboxylic acid groups (broad SMARTS) is 2. The first-order valence-electron chi connectivity index (χ1n) is 14.9. The van der Waals surface area contributed by atoms with E-state index in [9.17, 15) is 19.2 Å². The normalized spacial score (nSPS) is 15.2. The van der Waals surface area contributed by atoms with Crippen LogP contribution in [0.2, 0.25) is 0 Å². The molecule has 10 heteroatoms. The van der Waals surface area contributed by atoms with Crippen LogP contribution in [0.4, 0.5) is 5.69 Å². The van der Waals surface area contributed by atoms with Gasteiger partial charge in [0, 0.05) is 63.4 Å². The fraction of sp³-hybridized carbons (Fsp3) is 0.455. The maximum absolute atomic E-state index is 12.8. The van der Waals surface area contributed by atoms with E-state index < -0.39 is 11.9 Å². The zero-order valence-electron chi connectivity index (χ0n) is 25.1. The highest BCUT2D eigenvalue weighted by atomic mass is 16.5. The maximum Gasteiger partial charge on any atom is 0.328 e. The summed E-state index contributed by atoms with van der Waals surface area (Å²) in [7, 11) is 0. The van der Waals surface area contributed by atoms with Crippen LogP contribution in [0, 0.1) is 0 Å². The second kappa shape index (κ2) is 16.9. The zero-order valence-corrected chi connectivity index (χ0v) is 25.1. The number of ether oxygens (including phenoxy) is 1. The molecule has 2 fully saturated rings. The van der Waals surface area contributed by atoms with E-state index in [1.807, 2.05) is 66.1 Å². The van der Waals surface area contributed by atoms with E-state index >= 15 is 0 Å². The number of hydrogen-bond acceptors (Lipinski definition) is 6. The number of carboxylic acids is 2. The van der Waals surface area contributed by atoms with Gasteiger partial charge in [-0.1, -0.05) is 24.3 Å². The molecular weight excluding hydrogens is 550 g/mol. The fourth-order valence-electron chi connectivity index (χ4n) is 5.11. The number of anilines is 1. The van der Waals surface area contributed by atoms with Gasteiger partial charge in [-0.15, -0.1) is 0 Å². The average molecular weight is 594 g/mol. The molecular formula is C33H43N3O7. The highest BCUT2D eigenvalue weighted by Crippen LogP contribution is 2.29. The van der Waals surface area contributed by atoms with E-state index in [-0.39, 0.29) is 17.9 Å². The van der Waals surface area contributed by atoms with Gasteiger partial charge in [0.2, 0.25) is 5.91 Å². The second-order valence-electron chi connectivity index (χ2n) is 10.9. The zero-order chi connectivity index (χ0) is 31.2. The molecule has 2 amide bonds. The topological polar surface area (TPSA) is 128 Å². The third kappa shape index (κ3) is 11.1. The highest BCUT2D eigenvalue weighted by Gasteiger charge is 2.23. The van der Waals surface area contributed by atoms with Crippen molar-refractivity contribution in [1.82, 2.24) is 9.80 Å². The number of hydrogen-bond donors (Lipinski definition) is 2. The standard InChI is InChI=1S/C29H39N3O3.C4H4O4/c1-23(2)35-27-11-5-4-10-26(27)30-19-21-31(22-20-30)28(33)12-8-9-24-13-15-25(16-14-24)29(34)32-17-6-3-7-18-32;5-3(6)1-2-4(7)8/h4-5,10-11,13-16,23H,3,6-9,12,17-22H2,1-2H3;1-2H,(H,5,6)(H,7,8)/b;2-1+. The minimum Gasteiger partial charge on any atom is -0.489 e. The first-order chi connectivity index (χ1) is 20.6. The predicted molar refractivity (Wildman–Crippen MR) is 165 cm³/mol. The van der Waals surface area contributed by atoms with Gasteiger partial charge in [-0.25, -0.2) is 9.59 Å². The van der Waals surface area contributed by atoms with Crippen LogP contribution in [0.15, 0.2) is 60.7 Å². The molecule has 2 aliphatic heterocycles. The summed E-state index contributed by atoms with van der Waals surface area (Å²) in [5.41, 5.74) is 3.06.